The van der Waals surface area contributed by atoms with E-state index in [0.29, 0.717) is 6.61 Å². The van der Waals surface area contributed by atoms with Crippen LogP contribution in [0.3, 0.4) is 0 Å². The lowest BCUT2D eigenvalue weighted by Crippen LogP contribution is -2.36. The third kappa shape index (κ3) is 3.46. The molecule has 1 aromatic rings. The third-order valence-electron chi connectivity index (χ3n) is 2.67. The summed E-state index contributed by atoms with van der Waals surface area (Å²) < 4.78 is 5.33. The van der Waals surface area contributed by atoms with E-state index < -0.39 is 0 Å². The van der Waals surface area contributed by atoms with E-state index in [1.807, 2.05) is 19.1 Å². The molecule has 0 bridgehead atoms. The maximum atomic E-state index is 5.33. The third-order valence-corrected chi connectivity index (χ3v) is 2.67. The molecule has 0 aromatic heterocycles. The molecule has 17 heavy (non-hydrogen) atoms. The van der Waals surface area contributed by atoms with Crippen molar-refractivity contribution in [3.05, 3.63) is 29.8 Å². The maximum Gasteiger partial charge on any atom is 0.114 e. The first-order valence-electron chi connectivity index (χ1n) is 5.98. The molecule has 0 atom stereocenters. The van der Waals surface area contributed by atoms with Crippen LogP contribution in [-0.4, -0.2) is 39.1 Å². The number of hydrogen-bond acceptors (Lipinski definition) is 4. The summed E-state index contributed by atoms with van der Waals surface area (Å²) in [7, 11) is 0. The Morgan fingerprint density at radius 2 is 2.00 bits per heavy atom. The van der Waals surface area contributed by atoms with Gasteiger partial charge in [-0.05, 0) is 24.6 Å². The Morgan fingerprint density at radius 1 is 1.29 bits per heavy atom. The van der Waals surface area contributed by atoms with Gasteiger partial charge in [-0.25, -0.2) is 0 Å². The Hall–Kier alpha value is -1.55. The van der Waals surface area contributed by atoms with E-state index in [2.05, 4.69) is 22.2 Å². The van der Waals surface area contributed by atoms with E-state index in [0.717, 1.165) is 31.9 Å². The second-order valence-electron chi connectivity index (χ2n) is 3.84. The normalized spacial score (nSPS) is 16.4. The van der Waals surface area contributed by atoms with Gasteiger partial charge in [-0.2, -0.15) is 0 Å². The summed E-state index contributed by atoms with van der Waals surface area (Å²) in [6.07, 6.45) is 1.73. The van der Waals surface area contributed by atoms with Crippen molar-refractivity contribution in [2.45, 2.75) is 6.92 Å². The molecular weight excluding hydrogens is 216 g/mol. The monoisotopic (exact) mass is 234 g/mol. The molecule has 92 valence electrons. The zero-order valence-corrected chi connectivity index (χ0v) is 10.1. The van der Waals surface area contributed by atoms with Crippen molar-refractivity contribution >= 4 is 11.9 Å². The smallest absolute Gasteiger partial charge is 0.114 e. The van der Waals surface area contributed by atoms with Crippen molar-refractivity contribution in [3.8, 4) is 0 Å². The number of oxime groups is 1. The Labute approximate surface area is 102 Å². The first-order valence-corrected chi connectivity index (χ1v) is 5.98. The highest BCUT2D eigenvalue weighted by Crippen LogP contribution is 2.15. The molecule has 1 aliphatic rings. The van der Waals surface area contributed by atoms with Gasteiger partial charge in [-0.15, -0.1) is 0 Å². The van der Waals surface area contributed by atoms with Gasteiger partial charge < -0.3 is 14.5 Å². The molecule has 0 unspecified atom stereocenters. The molecule has 1 aliphatic heterocycles. The molecule has 1 saturated heterocycles. The van der Waals surface area contributed by atoms with Gasteiger partial charge in [0, 0.05) is 18.8 Å². The zero-order chi connectivity index (χ0) is 11.9. The van der Waals surface area contributed by atoms with Crippen molar-refractivity contribution in [1.82, 2.24) is 0 Å². The van der Waals surface area contributed by atoms with Crippen LogP contribution in [0.5, 0.6) is 0 Å². The molecule has 0 radical (unpaired) electrons. The highest BCUT2D eigenvalue weighted by molar-refractivity contribution is 5.79. The van der Waals surface area contributed by atoms with Gasteiger partial charge in [0.1, 0.15) is 6.61 Å². The van der Waals surface area contributed by atoms with Gasteiger partial charge in [-0.3, -0.25) is 0 Å². The van der Waals surface area contributed by atoms with Crippen molar-refractivity contribution in [3.63, 3.8) is 0 Å². The van der Waals surface area contributed by atoms with Gasteiger partial charge in [0.15, 0.2) is 0 Å². The lowest BCUT2D eigenvalue weighted by Gasteiger charge is -2.28. The van der Waals surface area contributed by atoms with E-state index in [4.69, 9.17) is 9.57 Å². The minimum Gasteiger partial charge on any atom is -0.396 e. The number of ether oxygens (including phenoxy) is 1. The Balaban J connectivity index is 1.97. The lowest BCUT2D eigenvalue weighted by atomic mass is 10.2. The summed E-state index contributed by atoms with van der Waals surface area (Å²) in [6.45, 7) is 6.07. The number of nitrogens with zero attached hydrogens (tertiary/aromatic N) is 2. The van der Waals surface area contributed by atoms with Crippen LogP contribution in [0.15, 0.2) is 29.4 Å². The predicted octanol–water partition coefficient (Wildman–Crippen LogP) is 1.89. The van der Waals surface area contributed by atoms with Crippen LogP contribution in [0.4, 0.5) is 5.69 Å². The molecule has 0 amide bonds. The first-order chi connectivity index (χ1) is 8.40. The summed E-state index contributed by atoms with van der Waals surface area (Å²) in [5, 5.41) is 3.84. The molecule has 0 N–H and O–H groups in total. The second kappa shape index (κ2) is 6.25. The van der Waals surface area contributed by atoms with E-state index in [-0.39, 0.29) is 0 Å². The maximum absolute atomic E-state index is 5.33. The van der Waals surface area contributed by atoms with Crippen LogP contribution in [0, 0.1) is 0 Å². The van der Waals surface area contributed by atoms with Gasteiger partial charge in [-0.1, -0.05) is 17.3 Å². The number of benzene rings is 1. The SMILES string of the molecule is CCO/N=C/c1ccc(N2CCOCC2)cc1. The lowest BCUT2D eigenvalue weighted by molar-refractivity contribution is 0.122. The fourth-order valence-electron chi connectivity index (χ4n) is 1.77. The van der Waals surface area contributed by atoms with Crippen LogP contribution in [-0.2, 0) is 9.57 Å². The van der Waals surface area contributed by atoms with Crippen molar-refractivity contribution in [1.29, 1.82) is 0 Å². The number of rotatable bonds is 4. The second-order valence-corrected chi connectivity index (χ2v) is 3.84. The number of hydrogen-bond donors (Lipinski definition) is 0. The minimum atomic E-state index is 0.600. The van der Waals surface area contributed by atoms with Gasteiger partial charge in [0.05, 0.1) is 19.4 Å². The largest absolute Gasteiger partial charge is 0.396 e. The van der Waals surface area contributed by atoms with Crippen LogP contribution < -0.4 is 4.90 Å². The summed E-state index contributed by atoms with van der Waals surface area (Å²) in [6, 6.07) is 8.32. The fourth-order valence-corrected chi connectivity index (χ4v) is 1.77. The molecule has 2 rings (SSSR count). The summed E-state index contributed by atoms with van der Waals surface area (Å²) in [5.74, 6) is 0. The quantitative estimate of drug-likeness (QED) is 0.589. The Bertz CT molecular complexity index is 356. The van der Waals surface area contributed by atoms with Crippen LogP contribution >= 0.6 is 0 Å². The summed E-state index contributed by atoms with van der Waals surface area (Å²) in [4.78, 5) is 7.25. The van der Waals surface area contributed by atoms with E-state index >= 15 is 0 Å². The van der Waals surface area contributed by atoms with Crippen molar-refractivity contribution in [2.24, 2.45) is 5.16 Å². The molecule has 1 aromatic carbocycles. The molecule has 4 nitrogen and oxygen atoms in total. The molecule has 0 saturated carbocycles. The number of morpholine rings is 1. The van der Waals surface area contributed by atoms with Crippen LogP contribution in [0.1, 0.15) is 12.5 Å². The number of anilines is 1. The van der Waals surface area contributed by atoms with E-state index in [1.165, 1.54) is 5.69 Å². The topological polar surface area (TPSA) is 34.1 Å². The average molecular weight is 234 g/mol. The molecule has 4 heteroatoms. The van der Waals surface area contributed by atoms with Gasteiger partial charge >= 0.3 is 0 Å². The molecule has 0 aliphatic carbocycles. The first kappa shape index (κ1) is 11.9. The summed E-state index contributed by atoms with van der Waals surface area (Å²) >= 11 is 0. The Kier molecular flexibility index (Phi) is 4.38. The molecular formula is C13H18N2O2. The van der Waals surface area contributed by atoms with Gasteiger partial charge in [0.2, 0.25) is 0 Å². The van der Waals surface area contributed by atoms with Crippen molar-refractivity contribution < 1.29 is 9.57 Å². The predicted molar refractivity (Wildman–Crippen MR) is 68.7 cm³/mol. The standard InChI is InChI=1S/C13H18N2O2/c1-2-17-14-11-12-3-5-13(6-4-12)15-7-9-16-10-8-15/h3-6,11H,2,7-10H2,1H3/b14-11+. The molecule has 1 fully saturated rings. The highest BCUT2D eigenvalue weighted by Gasteiger charge is 2.10. The van der Waals surface area contributed by atoms with Gasteiger partial charge in [0.25, 0.3) is 0 Å². The highest BCUT2D eigenvalue weighted by atomic mass is 16.6. The van der Waals surface area contributed by atoms with Crippen molar-refractivity contribution in [2.75, 3.05) is 37.8 Å². The van der Waals surface area contributed by atoms with Crippen LogP contribution in [0.2, 0.25) is 0 Å². The average Bonchev–Trinajstić information content (AvgIpc) is 2.41. The van der Waals surface area contributed by atoms with Crippen LogP contribution in [0.25, 0.3) is 0 Å². The minimum absolute atomic E-state index is 0.600. The van der Waals surface area contributed by atoms with E-state index in [9.17, 15) is 0 Å². The Morgan fingerprint density at radius 3 is 2.65 bits per heavy atom. The molecule has 0 spiro atoms. The fraction of sp³-hybridized carbons (Fsp3) is 0.462. The zero-order valence-electron chi connectivity index (χ0n) is 10.1. The molecule has 1 heterocycles. The summed E-state index contributed by atoms with van der Waals surface area (Å²) in [5.41, 5.74) is 2.29. The van der Waals surface area contributed by atoms with E-state index in [1.54, 1.807) is 6.21 Å².